The summed E-state index contributed by atoms with van der Waals surface area (Å²) < 4.78 is 38.0. The number of benzene rings is 1. The molecule has 1 saturated carbocycles. The van der Waals surface area contributed by atoms with E-state index in [9.17, 15) is 18.0 Å². The van der Waals surface area contributed by atoms with Crippen LogP contribution >= 0.6 is 0 Å². The van der Waals surface area contributed by atoms with Gasteiger partial charge in [-0.2, -0.15) is 13.2 Å². The second-order valence-electron chi connectivity index (χ2n) is 7.00. The van der Waals surface area contributed by atoms with Crippen molar-refractivity contribution < 1.29 is 18.0 Å². The Labute approximate surface area is 158 Å². The number of anilines is 2. The number of halogens is 3. The minimum atomic E-state index is -4.33. The van der Waals surface area contributed by atoms with E-state index in [4.69, 9.17) is 5.73 Å². The number of hydrogen-bond acceptors (Lipinski definition) is 4. The average Bonchev–Trinajstić information content (AvgIpc) is 3.43. The molecule has 4 rings (SSSR count). The molecule has 0 radical (unpaired) electrons. The number of nitrogen functional groups attached to an aromatic ring is 1. The van der Waals surface area contributed by atoms with Crippen molar-refractivity contribution in [1.82, 2.24) is 9.97 Å². The van der Waals surface area contributed by atoms with Crippen molar-refractivity contribution >= 4 is 28.2 Å². The number of pyridine rings is 2. The van der Waals surface area contributed by atoms with Crippen LogP contribution in [-0.2, 0) is 4.79 Å². The van der Waals surface area contributed by atoms with E-state index in [0.717, 1.165) is 16.5 Å². The Kier molecular flexibility index (Phi) is 4.21. The van der Waals surface area contributed by atoms with Crippen molar-refractivity contribution in [2.75, 3.05) is 11.1 Å². The number of nitrogens with zero attached hydrogens (tertiary/aromatic N) is 2. The third-order valence-electron chi connectivity index (χ3n) is 4.99. The number of aromatic nitrogens is 2. The quantitative estimate of drug-likeness (QED) is 0.702. The summed E-state index contributed by atoms with van der Waals surface area (Å²) >= 11 is 0. The van der Waals surface area contributed by atoms with Gasteiger partial charge in [0.1, 0.15) is 5.82 Å². The summed E-state index contributed by atoms with van der Waals surface area (Å²) in [6, 6.07) is 8.67. The van der Waals surface area contributed by atoms with Gasteiger partial charge in [-0.05, 0) is 54.6 Å². The van der Waals surface area contributed by atoms with Crippen molar-refractivity contribution in [2.24, 2.45) is 11.8 Å². The van der Waals surface area contributed by atoms with E-state index >= 15 is 0 Å². The van der Waals surface area contributed by atoms with Gasteiger partial charge in [0.25, 0.3) is 0 Å². The van der Waals surface area contributed by atoms with Crippen molar-refractivity contribution in [2.45, 2.75) is 19.5 Å². The maximum atomic E-state index is 12.7. The lowest BCUT2D eigenvalue weighted by Crippen LogP contribution is -2.20. The second-order valence-corrected chi connectivity index (χ2v) is 7.00. The molecule has 1 fully saturated rings. The van der Waals surface area contributed by atoms with Crippen molar-refractivity contribution in [3.8, 4) is 11.3 Å². The van der Waals surface area contributed by atoms with Crippen molar-refractivity contribution in [3.63, 3.8) is 0 Å². The average molecular weight is 386 g/mol. The van der Waals surface area contributed by atoms with Gasteiger partial charge in [-0.25, -0.2) is 4.98 Å². The summed E-state index contributed by atoms with van der Waals surface area (Å²) in [6.45, 7) is 1.93. The van der Waals surface area contributed by atoms with Gasteiger partial charge >= 0.3 is 6.18 Å². The summed E-state index contributed by atoms with van der Waals surface area (Å²) in [4.78, 5) is 20.6. The first-order valence-electron chi connectivity index (χ1n) is 8.73. The molecule has 28 heavy (non-hydrogen) atoms. The van der Waals surface area contributed by atoms with Crippen LogP contribution in [0.1, 0.15) is 12.0 Å². The minimum absolute atomic E-state index is 0.162. The van der Waals surface area contributed by atoms with Gasteiger partial charge in [0.2, 0.25) is 5.91 Å². The zero-order valence-electron chi connectivity index (χ0n) is 14.9. The van der Waals surface area contributed by atoms with Gasteiger partial charge < -0.3 is 11.1 Å². The Bertz CT molecular complexity index is 1080. The number of hydrogen-bond donors (Lipinski definition) is 2. The molecule has 3 aromatic rings. The van der Waals surface area contributed by atoms with Crippen LogP contribution in [0, 0.1) is 18.8 Å². The van der Waals surface area contributed by atoms with E-state index in [0.29, 0.717) is 22.6 Å². The highest BCUT2D eigenvalue weighted by Crippen LogP contribution is 2.50. The second kappa shape index (κ2) is 6.47. The van der Waals surface area contributed by atoms with Crippen LogP contribution in [0.3, 0.4) is 0 Å². The van der Waals surface area contributed by atoms with E-state index < -0.39 is 23.9 Å². The number of carbonyl (C=O) groups excluding carboxylic acids is 1. The highest BCUT2D eigenvalue weighted by Gasteiger charge is 2.58. The summed E-state index contributed by atoms with van der Waals surface area (Å²) in [5.74, 6) is -2.86. The Hall–Kier alpha value is -3.16. The fourth-order valence-electron chi connectivity index (χ4n) is 3.31. The van der Waals surface area contributed by atoms with Gasteiger partial charge in [0, 0.05) is 29.0 Å². The fraction of sp³-hybridized carbons (Fsp3) is 0.250. The number of nitrogens with two attached hydrogens (primary N) is 1. The third-order valence-corrected chi connectivity index (χ3v) is 4.99. The first kappa shape index (κ1) is 18.2. The Morgan fingerprint density at radius 3 is 2.71 bits per heavy atom. The first-order chi connectivity index (χ1) is 13.2. The van der Waals surface area contributed by atoms with Crippen LogP contribution in [0.2, 0.25) is 0 Å². The monoisotopic (exact) mass is 386 g/mol. The molecule has 1 aromatic carbocycles. The van der Waals surface area contributed by atoms with E-state index in [1.54, 1.807) is 30.6 Å². The lowest BCUT2D eigenvalue weighted by atomic mass is 10.0. The fourth-order valence-corrected chi connectivity index (χ4v) is 3.31. The Morgan fingerprint density at radius 2 is 2.04 bits per heavy atom. The van der Waals surface area contributed by atoms with Gasteiger partial charge in [-0.1, -0.05) is 0 Å². The first-order valence-corrected chi connectivity index (χ1v) is 8.73. The van der Waals surface area contributed by atoms with Crippen molar-refractivity contribution in [1.29, 1.82) is 0 Å². The smallest absolute Gasteiger partial charge is 0.383 e. The molecular formula is C20H17F3N4O. The minimum Gasteiger partial charge on any atom is -0.383 e. The molecule has 0 bridgehead atoms. The number of nitrogens with one attached hydrogen (secondary N) is 1. The molecule has 2 heterocycles. The van der Waals surface area contributed by atoms with Crippen LogP contribution in [0.4, 0.5) is 24.7 Å². The molecule has 0 spiro atoms. The molecule has 2 atom stereocenters. The number of alkyl halides is 3. The molecule has 8 heteroatoms. The zero-order valence-corrected chi connectivity index (χ0v) is 14.9. The van der Waals surface area contributed by atoms with Gasteiger partial charge in [0.15, 0.2) is 0 Å². The van der Waals surface area contributed by atoms with Crippen LogP contribution in [-0.4, -0.2) is 22.1 Å². The SMILES string of the molecule is Cc1ccncc1-c1cc2cc(NC(=O)[C@@H]3C[C@H]3C(F)(F)F)ccc2c(N)n1. The Morgan fingerprint density at radius 1 is 1.25 bits per heavy atom. The van der Waals surface area contributed by atoms with Crippen LogP contribution in [0.25, 0.3) is 22.0 Å². The number of carbonyl (C=O) groups is 1. The summed E-state index contributed by atoms with van der Waals surface area (Å²) in [7, 11) is 0. The molecule has 3 N–H and O–H groups in total. The predicted molar refractivity (Wildman–Crippen MR) is 100 cm³/mol. The maximum Gasteiger partial charge on any atom is 0.392 e. The highest BCUT2D eigenvalue weighted by molar-refractivity contribution is 6.00. The number of rotatable bonds is 3. The van der Waals surface area contributed by atoms with Crippen molar-refractivity contribution in [3.05, 3.63) is 48.3 Å². The lowest BCUT2D eigenvalue weighted by Gasteiger charge is -2.11. The molecule has 2 aromatic heterocycles. The van der Waals surface area contributed by atoms with E-state index in [2.05, 4.69) is 15.3 Å². The number of aryl methyl sites for hydroxylation is 1. The lowest BCUT2D eigenvalue weighted by molar-refractivity contribution is -0.153. The largest absolute Gasteiger partial charge is 0.392 e. The van der Waals surface area contributed by atoms with Crippen LogP contribution < -0.4 is 11.1 Å². The molecule has 144 valence electrons. The topological polar surface area (TPSA) is 80.9 Å². The van der Waals surface area contributed by atoms with Crippen LogP contribution in [0.15, 0.2) is 42.7 Å². The Balaban J connectivity index is 1.63. The number of fused-ring (bicyclic) bond motifs is 1. The highest BCUT2D eigenvalue weighted by atomic mass is 19.4. The molecule has 0 unspecified atom stereocenters. The standard InChI is InChI=1S/C20H17F3N4O/c1-10-4-5-25-9-15(10)17-7-11-6-12(2-3-13(11)18(24)27-17)26-19(28)14-8-16(14)20(21,22)23/h2-7,9,14,16H,8H2,1H3,(H2,24,27)(H,26,28)/t14-,16-/m1/s1. The normalized spacial score (nSPS) is 18.9. The molecule has 1 aliphatic rings. The zero-order chi connectivity index (χ0) is 20.1. The molecule has 5 nitrogen and oxygen atoms in total. The molecule has 1 aliphatic carbocycles. The molecule has 0 saturated heterocycles. The summed E-state index contributed by atoms with van der Waals surface area (Å²) in [6.07, 6.45) is -1.12. The molecule has 1 amide bonds. The van der Waals surface area contributed by atoms with E-state index in [1.807, 2.05) is 19.1 Å². The maximum absolute atomic E-state index is 12.7. The van der Waals surface area contributed by atoms with E-state index in [1.165, 1.54) is 0 Å². The van der Waals surface area contributed by atoms with Gasteiger partial charge in [-0.15, -0.1) is 0 Å². The summed E-state index contributed by atoms with van der Waals surface area (Å²) in [5.41, 5.74) is 8.95. The molecule has 0 aliphatic heterocycles. The third kappa shape index (κ3) is 3.37. The number of amides is 1. The van der Waals surface area contributed by atoms with Gasteiger partial charge in [-0.3, -0.25) is 9.78 Å². The predicted octanol–water partition coefficient (Wildman–Crippen LogP) is 4.32. The van der Waals surface area contributed by atoms with Gasteiger partial charge in [0.05, 0.1) is 17.5 Å². The summed E-state index contributed by atoms with van der Waals surface area (Å²) in [5, 5.41) is 4.00. The van der Waals surface area contributed by atoms with E-state index in [-0.39, 0.29) is 6.42 Å². The van der Waals surface area contributed by atoms with Crippen LogP contribution in [0.5, 0.6) is 0 Å². The molecular weight excluding hydrogens is 369 g/mol.